The zero-order valence-corrected chi connectivity index (χ0v) is 30.9. The van der Waals surface area contributed by atoms with Crippen molar-refractivity contribution in [2.45, 2.75) is 141 Å². The second-order valence-corrected chi connectivity index (χ2v) is 30.6. The fourth-order valence-electron chi connectivity index (χ4n) is 3.59. The van der Waals surface area contributed by atoms with Crippen molar-refractivity contribution in [2.75, 3.05) is 6.61 Å². The minimum atomic E-state index is -2.12. The first-order valence-electron chi connectivity index (χ1n) is 13.8. The molecule has 0 aromatic heterocycles. The molecule has 1 aromatic carbocycles. The summed E-state index contributed by atoms with van der Waals surface area (Å²) in [7, 11) is -6.21. The smallest absolute Gasteiger partial charge is 0.192 e. The Hall–Kier alpha value is 0.191. The molecule has 0 spiro atoms. The van der Waals surface area contributed by atoms with Crippen LogP contribution in [0.1, 0.15) is 74.0 Å². The van der Waals surface area contributed by atoms with Gasteiger partial charge in [0.1, 0.15) is 24.4 Å². The normalized spacial score (nSPS) is 24.5. The summed E-state index contributed by atoms with van der Waals surface area (Å²) in [5.74, 6) is 0. The quantitative estimate of drug-likeness (QED) is 0.268. The molecular formula is C29H55BrO4Si3. The van der Waals surface area contributed by atoms with Gasteiger partial charge in [0.2, 0.25) is 0 Å². The highest BCUT2D eigenvalue weighted by Gasteiger charge is 2.54. The van der Waals surface area contributed by atoms with E-state index in [-0.39, 0.29) is 39.5 Å². The molecule has 1 heterocycles. The van der Waals surface area contributed by atoms with Gasteiger partial charge in [0.25, 0.3) is 0 Å². The molecule has 4 nitrogen and oxygen atoms in total. The Balaban J connectivity index is 2.57. The summed E-state index contributed by atoms with van der Waals surface area (Å²) in [5, 5.41) is 0.285. The molecule has 4 atom stereocenters. The van der Waals surface area contributed by atoms with Gasteiger partial charge in [-0.2, -0.15) is 0 Å². The molecule has 0 N–H and O–H groups in total. The Kier molecular flexibility index (Phi) is 10.1. The van der Waals surface area contributed by atoms with Gasteiger partial charge >= 0.3 is 0 Å². The maximum Gasteiger partial charge on any atom is 0.192 e. The first-order chi connectivity index (χ1) is 16.4. The average Bonchev–Trinajstić information content (AvgIpc) is 3.00. The second kappa shape index (κ2) is 11.2. The third-order valence-electron chi connectivity index (χ3n) is 9.40. The molecule has 1 aromatic rings. The van der Waals surface area contributed by atoms with E-state index in [0.717, 1.165) is 10.0 Å². The van der Waals surface area contributed by atoms with Crippen LogP contribution in [0.5, 0.6) is 0 Å². The standard InChI is InChI=1S/C29H55BrO4Si3/c1-27(2,3)35(10,11)31-20-23-25(33-36(12,13)28(4,5)6)26(34-37(14,15)29(7,8)9)24(32-23)21-16-18-22(30)19-17-21/h16-19,23-26H,20H2,1-15H3/t23-,24+,25-,26+/m1/s1. The molecule has 0 unspecified atom stereocenters. The van der Waals surface area contributed by atoms with Gasteiger partial charge in [0.05, 0.1) is 6.61 Å². The van der Waals surface area contributed by atoms with Gasteiger partial charge in [-0.05, 0) is 72.1 Å². The summed E-state index contributed by atoms with van der Waals surface area (Å²) in [5.41, 5.74) is 1.13. The summed E-state index contributed by atoms with van der Waals surface area (Å²) in [6.07, 6.45) is -0.769. The number of rotatable bonds is 8. The summed E-state index contributed by atoms with van der Waals surface area (Å²) in [6.45, 7) is 35.1. The van der Waals surface area contributed by atoms with E-state index in [1.165, 1.54) is 0 Å². The van der Waals surface area contributed by atoms with Gasteiger partial charge in [-0.25, -0.2) is 0 Å². The van der Waals surface area contributed by atoms with E-state index in [2.05, 4.69) is 142 Å². The number of hydrogen-bond acceptors (Lipinski definition) is 4. The van der Waals surface area contributed by atoms with Crippen LogP contribution < -0.4 is 0 Å². The van der Waals surface area contributed by atoms with Crippen molar-refractivity contribution in [3.8, 4) is 0 Å². The Morgan fingerprint density at radius 1 is 0.676 bits per heavy atom. The van der Waals surface area contributed by atoms with E-state index in [1.54, 1.807) is 0 Å². The van der Waals surface area contributed by atoms with E-state index in [4.69, 9.17) is 18.0 Å². The molecule has 1 saturated heterocycles. The summed E-state index contributed by atoms with van der Waals surface area (Å²) >= 11 is 3.59. The van der Waals surface area contributed by atoms with Crippen molar-refractivity contribution in [1.29, 1.82) is 0 Å². The van der Waals surface area contributed by atoms with E-state index >= 15 is 0 Å². The van der Waals surface area contributed by atoms with Crippen LogP contribution in [0.15, 0.2) is 28.7 Å². The van der Waals surface area contributed by atoms with Crippen LogP contribution in [0.3, 0.4) is 0 Å². The lowest BCUT2D eigenvalue weighted by atomic mass is 10.0. The third kappa shape index (κ3) is 7.90. The van der Waals surface area contributed by atoms with Crippen LogP contribution in [0, 0.1) is 0 Å². The minimum Gasteiger partial charge on any atom is -0.414 e. The molecule has 0 bridgehead atoms. The molecule has 0 radical (unpaired) electrons. The Morgan fingerprint density at radius 2 is 1.08 bits per heavy atom. The molecule has 0 amide bonds. The lowest BCUT2D eigenvalue weighted by Crippen LogP contribution is -2.54. The Labute approximate surface area is 240 Å². The van der Waals surface area contributed by atoms with Crippen LogP contribution in [0.25, 0.3) is 0 Å². The van der Waals surface area contributed by atoms with Crippen molar-refractivity contribution >= 4 is 40.9 Å². The molecule has 8 heteroatoms. The number of halogens is 1. The summed E-state index contributed by atoms with van der Waals surface area (Å²) < 4.78 is 29.2. The largest absolute Gasteiger partial charge is 0.414 e. The average molecular weight is 632 g/mol. The summed E-state index contributed by atoms with van der Waals surface area (Å²) in [4.78, 5) is 0. The molecule has 1 aliphatic rings. The fourth-order valence-corrected chi connectivity index (χ4v) is 7.48. The fraction of sp³-hybridized carbons (Fsp3) is 0.793. The van der Waals surface area contributed by atoms with Crippen LogP contribution in [-0.2, 0) is 18.0 Å². The highest BCUT2D eigenvalue weighted by atomic mass is 79.9. The maximum atomic E-state index is 7.22. The lowest BCUT2D eigenvalue weighted by molar-refractivity contribution is -0.0172. The Morgan fingerprint density at radius 3 is 1.49 bits per heavy atom. The van der Waals surface area contributed by atoms with Crippen molar-refractivity contribution in [3.05, 3.63) is 34.3 Å². The molecule has 0 saturated carbocycles. The third-order valence-corrected chi connectivity index (χ3v) is 23.4. The van der Waals surface area contributed by atoms with Crippen LogP contribution >= 0.6 is 15.9 Å². The lowest BCUT2D eigenvalue weighted by Gasteiger charge is -2.44. The van der Waals surface area contributed by atoms with Gasteiger partial charge < -0.3 is 18.0 Å². The highest BCUT2D eigenvalue weighted by Crippen LogP contribution is 2.47. The molecule has 214 valence electrons. The monoisotopic (exact) mass is 630 g/mol. The van der Waals surface area contributed by atoms with Gasteiger partial charge in [-0.3, -0.25) is 0 Å². The number of ether oxygens (including phenoxy) is 1. The van der Waals surface area contributed by atoms with E-state index < -0.39 is 25.0 Å². The minimum absolute atomic E-state index is 0.0779. The van der Waals surface area contributed by atoms with Gasteiger partial charge in [0.15, 0.2) is 25.0 Å². The maximum absolute atomic E-state index is 7.22. The van der Waals surface area contributed by atoms with Gasteiger partial charge in [0, 0.05) is 4.47 Å². The zero-order valence-electron chi connectivity index (χ0n) is 26.3. The molecule has 1 aliphatic heterocycles. The number of hydrogen-bond donors (Lipinski definition) is 0. The number of benzene rings is 1. The van der Waals surface area contributed by atoms with Gasteiger partial charge in [-0.15, -0.1) is 0 Å². The van der Waals surface area contributed by atoms with Crippen molar-refractivity contribution in [3.63, 3.8) is 0 Å². The van der Waals surface area contributed by atoms with E-state index in [0.29, 0.717) is 6.61 Å². The van der Waals surface area contributed by atoms with Crippen molar-refractivity contribution < 1.29 is 18.0 Å². The van der Waals surface area contributed by atoms with Crippen LogP contribution in [-0.4, -0.2) is 49.9 Å². The first-order valence-corrected chi connectivity index (χ1v) is 23.3. The topological polar surface area (TPSA) is 36.9 Å². The predicted molar refractivity (Wildman–Crippen MR) is 169 cm³/mol. The van der Waals surface area contributed by atoms with Crippen LogP contribution in [0.4, 0.5) is 0 Å². The predicted octanol–water partition coefficient (Wildman–Crippen LogP) is 9.69. The Bertz CT molecular complexity index is 896. The highest BCUT2D eigenvalue weighted by molar-refractivity contribution is 9.10. The summed E-state index contributed by atoms with van der Waals surface area (Å²) in [6, 6.07) is 8.48. The SMILES string of the molecule is CC(C)(C)[Si](C)(C)OC[C@H]1O[C@@H](c2ccc(Br)cc2)[C@H](O[Si](C)(C)C(C)(C)C)[C@@H]1O[Si](C)(C)C(C)(C)C. The van der Waals surface area contributed by atoms with Gasteiger partial charge in [-0.1, -0.05) is 90.4 Å². The molecule has 1 fully saturated rings. The van der Waals surface area contributed by atoms with E-state index in [9.17, 15) is 0 Å². The van der Waals surface area contributed by atoms with Crippen molar-refractivity contribution in [2.24, 2.45) is 0 Å². The van der Waals surface area contributed by atoms with Crippen molar-refractivity contribution in [1.82, 2.24) is 0 Å². The van der Waals surface area contributed by atoms with E-state index in [1.807, 2.05) is 0 Å². The first kappa shape index (κ1) is 33.4. The molecular weight excluding hydrogens is 576 g/mol. The zero-order chi connectivity index (χ0) is 28.8. The molecule has 37 heavy (non-hydrogen) atoms. The second-order valence-electron chi connectivity index (χ2n) is 15.4. The molecule has 2 rings (SSSR count). The molecule has 0 aliphatic carbocycles. The van der Waals surface area contributed by atoms with Crippen LogP contribution in [0.2, 0.25) is 54.4 Å².